The molecular weight excluding hydrogens is 445 g/mol. The summed E-state index contributed by atoms with van der Waals surface area (Å²) in [7, 11) is 3.05. The van der Waals surface area contributed by atoms with Gasteiger partial charge in [0.1, 0.15) is 22.6 Å². The van der Waals surface area contributed by atoms with E-state index >= 15 is 0 Å². The third-order valence-electron chi connectivity index (χ3n) is 5.38. The number of carbonyl (C=O) groups is 2. The molecule has 7 nitrogen and oxygen atoms in total. The van der Waals surface area contributed by atoms with E-state index in [9.17, 15) is 14.0 Å². The van der Waals surface area contributed by atoms with E-state index in [1.54, 1.807) is 35.2 Å². The van der Waals surface area contributed by atoms with Gasteiger partial charge in [0.25, 0.3) is 0 Å². The smallest absolute Gasteiger partial charge is 0.242 e. The van der Waals surface area contributed by atoms with E-state index in [0.717, 1.165) is 12.8 Å². The second kappa shape index (κ2) is 11.2. The predicted octanol–water partition coefficient (Wildman–Crippen LogP) is 4.99. The molecule has 1 heterocycles. The summed E-state index contributed by atoms with van der Waals surface area (Å²) >= 11 is 1.26. The van der Waals surface area contributed by atoms with Crippen LogP contribution in [0, 0.1) is 5.82 Å². The summed E-state index contributed by atoms with van der Waals surface area (Å²) in [5.74, 6) is 0.244. The Morgan fingerprint density at radius 2 is 1.85 bits per heavy atom. The Morgan fingerprint density at radius 1 is 1.15 bits per heavy atom. The van der Waals surface area contributed by atoms with Crippen molar-refractivity contribution in [1.29, 1.82) is 0 Å². The Labute approximate surface area is 197 Å². The number of aliphatic imine (C=N–C) groups is 1. The summed E-state index contributed by atoms with van der Waals surface area (Å²) in [4.78, 5) is 32.4. The van der Waals surface area contributed by atoms with Crippen LogP contribution in [-0.2, 0) is 9.59 Å². The fraction of sp³-hybridized carbons (Fsp3) is 0.375. The van der Waals surface area contributed by atoms with E-state index in [4.69, 9.17) is 9.47 Å². The second-order valence-corrected chi connectivity index (χ2v) is 8.64. The molecule has 0 aromatic heterocycles. The topological polar surface area (TPSA) is 80.2 Å². The quantitative estimate of drug-likeness (QED) is 0.555. The zero-order chi connectivity index (χ0) is 24.0. The SMILES string of the molecule is CCC(CC)N1C(=O)C(CC(=O)Nc2cc(OC)ccc2OC)SC1=Nc1ccc(F)cc1. The number of nitrogens with one attached hydrogen (secondary N) is 1. The first-order valence-corrected chi connectivity index (χ1v) is 11.6. The molecule has 1 N–H and O–H groups in total. The van der Waals surface area contributed by atoms with Crippen LogP contribution in [0.25, 0.3) is 0 Å². The Balaban J connectivity index is 1.81. The lowest BCUT2D eigenvalue weighted by atomic mass is 10.1. The zero-order valence-electron chi connectivity index (χ0n) is 19.1. The van der Waals surface area contributed by atoms with Gasteiger partial charge in [-0.05, 0) is 49.2 Å². The van der Waals surface area contributed by atoms with Crippen molar-refractivity contribution in [2.45, 2.75) is 44.4 Å². The Kier molecular flexibility index (Phi) is 8.32. The highest BCUT2D eigenvalue weighted by Crippen LogP contribution is 2.35. The van der Waals surface area contributed by atoms with Gasteiger partial charge in [-0.3, -0.25) is 14.5 Å². The molecule has 1 fully saturated rings. The van der Waals surface area contributed by atoms with Crippen LogP contribution in [0.15, 0.2) is 47.5 Å². The Morgan fingerprint density at radius 3 is 2.45 bits per heavy atom. The lowest BCUT2D eigenvalue weighted by Gasteiger charge is -2.25. The van der Waals surface area contributed by atoms with Crippen molar-refractivity contribution in [2.24, 2.45) is 4.99 Å². The molecule has 33 heavy (non-hydrogen) atoms. The maximum absolute atomic E-state index is 13.3. The Bertz CT molecular complexity index is 1020. The minimum atomic E-state index is -0.610. The number of rotatable bonds is 9. The van der Waals surface area contributed by atoms with Gasteiger partial charge in [-0.1, -0.05) is 25.6 Å². The number of carbonyl (C=O) groups excluding carboxylic acids is 2. The molecule has 1 atom stereocenters. The summed E-state index contributed by atoms with van der Waals surface area (Å²) < 4.78 is 23.8. The lowest BCUT2D eigenvalue weighted by molar-refractivity contribution is -0.129. The highest BCUT2D eigenvalue weighted by atomic mass is 32.2. The molecule has 1 aliphatic heterocycles. The van der Waals surface area contributed by atoms with Crippen LogP contribution in [-0.4, -0.2) is 47.4 Å². The molecular formula is C24H28FN3O4S. The number of benzene rings is 2. The number of hydrogen-bond acceptors (Lipinski definition) is 6. The summed E-state index contributed by atoms with van der Waals surface area (Å²) in [6, 6.07) is 10.8. The van der Waals surface area contributed by atoms with Crippen molar-refractivity contribution in [3.8, 4) is 11.5 Å². The molecule has 2 aromatic rings. The molecule has 1 unspecified atom stereocenters. The van der Waals surface area contributed by atoms with Crippen molar-refractivity contribution in [2.75, 3.05) is 19.5 Å². The van der Waals surface area contributed by atoms with Crippen molar-refractivity contribution in [3.63, 3.8) is 0 Å². The van der Waals surface area contributed by atoms with E-state index in [1.165, 1.54) is 38.1 Å². The number of amidine groups is 1. The van der Waals surface area contributed by atoms with E-state index in [0.29, 0.717) is 28.0 Å². The van der Waals surface area contributed by atoms with Gasteiger partial charge in [-0.2, -0.15) is 0 Å². The number of anilines is 1. The van der Waals surface area contributed by atoms with Gasteiger partial charge < -0.3 is 14.8 Å². The fourth-order valence-electron chi connectivity index (χ4n) is 3.59. The van der Waals surface area contributed by atoms with Gasteiger partial charge in [-0.25, -0.2) is 9.38 Å². The van der Waals surface area contributed by atoms with Gasteiger partial charge in [0, 0.05) is 18.5 Å². The molecule has 3 rings (SSSR count). The Hall–Kier alpha value is -3.07. The fourth-order valence-corrected chi connectivity index (χ4v) is 4.80. The maximum atomic E-state index is 13.3. The van der Waals surface area contributed by atoms with Gasteiger partial charge in [0.2, 0.25) is 11.8 Å². The van der Waals surface area contributed by atoms with Crippen molar-refractivity contribution in [3.05, 3.63) is 48.3 Å². The van der Waals surface area contributed by atoms with Crippen molar-refractivity contribution >= 4 is 40.1 Å². The summed E-state index contributed by atoms with van der Waals surface area (Å²) in [5, 5.41) is 2.73. The first kappa shape index (κ1) is 24.6. The lowest BCUT2D eigenvalue weighted by Crippen LogP contribution is -2.41. The molecule has 0 bridgehead atoms. The summed E-state index contributed by atoms with van der Waals surface area (Å²) in [5.41, 5.74) is 1.02. The third-order valence-corrected chi connectivity index (χ3v) is 6.53. The number of hydrogen-bond donors (Lipinski definition) is 1. The van der Waals surface area contributed by atoms with Gasteiger partial charge in [0.05, 0.1) is 25.6 Å². The minimum absolute atomic E-state index is 0.0249. The van der Waals surface area contributed by atoms with E-state index < -0.39 is 5.25 Å². The third kappa shape index (κ3) is 5.84. The second-order valence-electron chi connectivity index (χ2n) is 7.47. The van der Waals surface area contributed by atoms with Gasteiger partial charge >= 0.3 is 0 Å². The van der Waals surface area contributed by atoms with E-state index in [2.05, 4.69) is 10.3 Å². The molecule has 9 heteroatoms. The number of ether oxygens (including phenoxy) is 2. The number of halogens is 1. The number of methoxy groups -OCH3 is 2. The molecule has 176 valence electrons. The molecule has 2 amide bonds. The van der Waals surface area contributed by atoms with Crippen LogP contribution in [0.5, 0.6) is 11.5 Å². The first-order chi connectivity index (χ1) is 15.9. The molecule has 0 saturated carbocycles. The van der Waals surface area contributed by atoms with Crippen molar-refractivity contribution < 1.29 is 23.5 Å². The largest absolute Gasteiger partial charge is 0.497 e. The molecule has 0 aliphatic carbocycles. The number of thioether (sulfide) groups is 1. The first-order valence-electron chi connectivity index (χ1n) is 10.8. The highest BCUT2D eigenvalue weighted by Gasteiger charge is 2.41. The highest BCUT2D eigenvalue weighted by molar-refractivity contribution is 8.15. The zero-order valence-corrected chi connectivity index (χ0v) is 19.9. The summed E-state index contributed by atoms with van der Waals surface area (Å²) in [6.07, 6.45) is 1.49. The predicted molar refractivity (Wildman–Crippen MR) is 129 cm³/mol. The monoisotopic (exact) mass is 473 g/mol. The summed E-state index contributed by atoms with van der Waals surface area (Å²) in [6.45, 7) is 4.02. The maximum Gasteiger partial charge on any atom is 0.242 e. The normalized spacial score (nSPS) is 17.0. The van der Waals surface area contributed by atoms with Crippen LogP contribution >= 0.6 is 11.8 Å². The van der Waals surface area contributed by atoms with Crippen LogP contribution in [0.3, 0.4) is 0 Å². The van der Waals surface area contributed by atoms with Crippen LogP contribution in [0.2, 0.25) is 0 Å². The molecule has 1 saturated heterocycles. The van der Waals surface area contributed by atoms with Crippen LogP contribution in [0.1, 0.15) is 33.1 Å². The van der Waals surface area contributed by atoms with Crippen LogP contribution < -0.4 is 14.8 Å². The van der Waals surface area contributed by atoms with Gasteiger partial charge in [-0.15, -0.1) is 0 Å². The number of nitrogens with zero attached hydrogens (tertiary/aromatic N) is 2. The standard InChI is InChI=1S/C24H28FN3O4S/c1-5-17(6-2)28-23(30)21(33-24(28)26-16-9-7-15(25)8-10-16)14-22(29)27-19-13-18(31-3)11-12-20(19)32-4/h7-13,17,21H,5-6,14H2,1-4H3,(H,27,29). The van der Waals surface area contributed by atoms with E-state index in [1.807, 2.05) is 13.8 Å². The van der Waals surface area contributed by atoms with E-state index in [-0.39, 0.29) is 30.1 Å². The molecule has 2 aromatic carbocycles. The average Bonchev–Trinajstić information content (AvgIpc) is 3.10. The van der Waals surface area contributed by atoms with Crippen LogP contribution in [0.4, 0.5) is 15.8 Å². The molecule has 0 radical (unpaired) electrons. The molecule has 0 spiro atoms. The van der Waals surface area contributed by atoms with Gasteiger partial charge in [0.15, 0.2) is 5.17 Å². The minimum Gasteiger partial charge on any atom is -0.497 e. The number of amides is 2. The average molecular weight is 474 g/mol. The van der Waals surface area contributed by atoms with Crippen molar-refractivity contribution in [1.82, 2.24) is 4.90 Å². The molecule has 1 aliphatic rings.